The fourth-order valence-corrected chi connectivity index (χ4v) is 2.22. The van der Waals surface area contributed by atoms with E-state index in [4.69, 9.17) is 18.0 Å². The van der Waals surface area contributed by atoms with Crippen molar-refractivity contribution in [1.29, 1.82) is 0 Å². The second-order valence-corrected chi connectivity index (χ2v) is 5.02. The first kappa shape index (κ1) is 12.7. The predicted octanol–water partition coefficient (Wildman–Crippen LogP) is 1.39. The number of anilines is 1. The SMILES string of the molecule is Cc1ccc(C(N)=S)c(NCc2csc(=O)[nH]2)n1. The second-order valence-electron chi connectivity index (χ2n) is 3.74. The Morgan fingerprint density at radius 3 is 3.00 bits per heavy atom. The number of rotatable bonds is 4. The highest BCUT2D eigenvalue weighted by molar-refractivity contribution is 7.80. The molecular formula is C11H12N4OS2. The van der Waals surface area contributed by atoms with Crippen LogP contribution in [0.2, 0.25) is 0 Å². The third kappa shape index (κ3) is 2.93. The van der Waals surface area contributed by atoms with E-state index in [0.29, 0.717) is 22.9 Å². The highest BCUT2D eigenvalue weighted by Gasteiger charge is 2.07. The fraction of sp³-hybridized carbons (Fsp3) is 0.182. The molecule has 5 nitrogen and oxygen atoms in total. The number of nitrogens with two attached hydrogens (primary N) is 1. The Morgan fingerprint density at radius 2 is 2.39 bits per heavy atom. The van der Waals surface area contributed by atoms with E-state index in [1.54, 1.807) is 5.38 Å². The maximum Gasteiger partial charge on any atom is 0.304 e. The predicted molar refractivity (Wildman–Crippen MR) is 77.1 cm³/mol. The first-order valence-electron chi connectivity index (χ1n) is 5.24. The van der Waals surface area contributed by atoms with Crippen LogP contribution in [0.4, 0.5) is 5.82 Å². The van der Waals surface area contributed by atoms with Crippen molar-refractivity contribution in [3.63, 3.8) is 0 Å². The Hall–Kier alpha value is -1.73. The molecule has 0 saturated carbocycles. The van der Waals surface area contributed by atoms with Gasteiger partial charge in [0.1, 0.15) is 10.8 Å². The van der Waals surface area contributed by atoms with Gasteiger partial charge >= 0.3 is 4.87 Å². The number of hydrogen-bond donors (Lipinski definition) is 3. The summed E-state index contributed by atoms with van der Waals surface area (Å²) in [5.41, 5.74) is 8.01. The Balaban J connectivity index is 2.20. The van der Waals surface area contributed by atoms with E-state index in [1.807, 2.05) is 19.1 Å². The molecule has 2 rings (SSSR count). The van der Waals surface area contributed by atoms with Gasteiger partial charge in [-0.1, -0.05) is 23.6 Å². The molecule has 0 fully saturated rings. The van der Waals surface area contributed by atoms with Crippen LogP contribution in [0.25, 0.3) is 0 Å². The van der Waals surface area contributed by atoms with Crippen molar-refractivity contribution in [1.82, 2.24) is 9.97 Å². The number of thiocarbonyl (C=S) groups is 1. The zero-order valence-corrected chi connectivity index (χ0v) is 11.3. The minimum absolute atomic E-state index is 0.0708. The van der Waals surface area contributed by atoms with E-state index in [9.17, 15) is 4.79 Å². The fourth-order valence-electron chi connectivity index (χ4n) is 1.47. The number of aryl methyl sites for hydroxylation is 1. The number of aromatic amines is 1. The van der Waals surface area contributed by atoms with E-state index >= 15 is 0 Å². The Kier molecular flexibility index (Phi) is 3.73. The molecule has 0 unspecified atom stereocenters. The van der Waals surface area contributed by atoms with E-state index in [1.165, 1.54) is 0 Å². The summed E-state index contributed by atoms with van der Waals surface area (Å²) in [6, 6.07) is 3.69. The van der Waals surface area contributed by atoms with Crippen LogP contribution >= 0.6 is 23.6 Å². The second kappa shape index (κ2) is 5.28. The van der Waals surface area contributed by atoms with Crippen molar-refractivity contribution >= 4 is 34.4 Å². The minimum Gasteiger partial charge on any atom is -0.389 e. The highest BCUT2D eigenvalue weighted by Crippen LogP contribution is 2.14. The first-order chi connectivity index (χ1) is 8.56. The van der Waals surface area contributed by atoms with Crippen molar-refractivity contribution < 1.29 is 0 Å². The van der Waals surface area contributed by atoms with Gasteiger partial charge in [-0.3, -0.25) is 4.79 Å². The summed E-state index contributed by atoms with van der Waals surface area (Å²) in [7, 11) is 0. The molecule has 2 aromatic rings. The summed E-state index contributed by atoms with van der Waals surface area (Å²) in [6.45, 7) is 2.37. The number of aromatic nitrogens is 2. The zero-order chi connectivity index (χ0) is 13.1. The normalized spacial score (nSPS) is 10.3. The van der Waals surface area contributed by atoms with Gasteiger partial charge in [0.25, 0.3) is 0 Å². The summed E-state index contributed by atoms with van der Waals surface area (Å²) < 4.78 is 0. The molecule has 94 valence electrons. The van der Waals surface area contributed by atoms with Gasteiger partial charge in [0, 0.05) is 16.8 Å². The van der Waals surface area contributed by atoms with Gasteiger partial charge in [0.15, 0.2) is 0 Å². The Labute approximate surface area is 113 Å². The molecule has 0 aromatic carbocycles. The molecule has 18 heavy (non-hydrogen) atoms. The van der Waals surface area contributed by atoms with Crippen LogP contribution in [0.1, 0.15) is 17.0 Å². The lowest BCUT2D eigenvalue weighted by Crippen LogP contribution is -2.15. The van der Waals surface area contributed by atoms with E-state index in [0.717, 1.165) is 22.7 Å². The molecule has 0 saturated heterocycles. The topological polar surface area (TPSA) is 83.8 Å². The van der Waals surface area contributed by atoms with E-state index in [-0.39, 0.29) is 4.87 Å². The lowest BCUT2D eigenvalue weighted by molar-refractivity contribution is 1.03. The van der Waals surface area contributed by atoms with Gasteiger partial charge < -0.3 is 16.0 Å². The molecule has 0 spiro atoms. The van der Waals surface area contributed by atoms with E-state index < -0.39 is 0 Å². The molecule has 2 aromatic heterocycles. The number of H-pyrrole nitrogens is 1. The quantitative estimate of drug-likeness (QED) is 0.737. The maximum atomic E-state index is 11.0. The Bertz CT molecular complexity index is 632. The monoisotopic (exact) mass is 280 g/mol. The van der Waals surface area contributed by atoms with Crippen molar-refractivity contribution in [3.8, 4) is 0 Å². The van der Waals surface area contributed by atoms with Gasteiger partial charge in [-0.05, 0) is 19.1 Å². The van der Waals surface area contributed by atoms with E-state index in [2.05, 4.69) is 15.3 Å². The van der Waals surface area contributed by atoms with Crippen LogP contribution in [0.3, 0.4) is 0 Å². The average molecular weight is 280 g/mol. The molecule has 0 bridgehead atoms. The van der Waals surface area contributed by atoms with Gasteiger partial charge in [0.2, 0.25) is 0 Å². The lowest BCUT2D eigenvalue weighted by atomic mass is 10.2. The molecule has 7 heteroatoms. The van der Waals surface area contributed by atoms with Crippen LogP contribution in [-0.2, 0) is 6.54 Å². The summed E-state index contributed by atoms with van der Waals surface area (Å²) in [6.07, 6.45) is 0. The lowest BCUT2D eigenvalue weighted by Gasteiger charge is -2.10. The van der Waals surface area contributed by atoms with Gasteiger partial charge in [-0.15, -0.1) is 0 Å². The molecule has 0 aliphatic heterocycles. The molecule has 0 atom stereocenters. The van der Waals surface area contributed by atoms with Crippen LogP contribution in [0.5, 0.6) is 0 Å². The molecule has 0 aliphatic rings. The van der Waals surface area contributed by atoms with Crippen molar-refractivity contribution in [2.45, 2.75) is 13.5 Å². The third-order valence-corrected chi connectivity index (χ3v) is 3.26. The largest absolute Gasteiger partial charge is 0.389 e. The van der Waals surface area contributed by atoms with Crippen LogP contribution in [-0.4, -0.2) is 15.0 Å². The number of nitrogens with one attached hydrogen (secondary N) is 2. The summed E-state index contributed by atoms with van der Waals surface area (Å²) >= 11 is 6.10. The zero-order valence-electron chi connectivity index (χ0n) is 9.69. The smallest absolute Gasteiger partial charge is 0.304 e. The van der Waals surface area contributed by atoms with Crippen LogP contribution < -0.4 is 15.9 Å². The Morgan fingerprint density at radius 1 is 1.61 bits per heavy atom. The molecule has 0 radical (unpaired) electrons. The number of thiazole rings is 1. The number of hydrogen-bond acceptors (Lipinski definition) is 5. The van der Waals surface area contributed by atoms with Crippen molar-refractivity contribution in [2.24, 2.45) is 5.73 Å². The first-order valence-corrected chi connectivity index (χ1v) is 6.53. The molecular weight excluding hydrogens is 268 g/mol. The maximum absolute atomic E-state index is 11.0. The van der Waals surface area contributed by atoms with Crippen molar-refractivity contribution in [2.75, 3.05) is 5.32 Å². The van der Waals surface area contributed by atoms with Crippen molar-refractivity contribution in [3.05, 3.63) is 44.1 Å². The summed E-state index contributed by atoms with van der Waals surface area (Å²) in [4.78, 5) is 18.3. The summed E-state index contributed by atoms with van der Waals surface area (Å²) in [5.74, 6) is 0.634. The number of nitrogens with zero attached hydrogens (tertiary/aromatic N) is 1. The summed E-state index contributed by atoms with van der Waals surface area (Å²) in [5, 5.41) is 4.89. The van der Waals surface area contributed by atoms with Crippen LogP contribution in [0, 0.1) is 6.92 Å². The average Bonchev–Trinajstić information content (AvgIpc) is 2.72. The highest BCUT2D eigenvalue weighted by atomic mass is 32.1. The van der Waals surface area contributed by atoms with Crippen LogP contribution in [0.15, 0.2) is 22.3 Å². The molecule has 0 amide bonds. The van der Waals surface area contributed by atoms with Gasteiger partial charge in [0.05, 0.1) is 12.1 Å². The standard InChI is InChI=1S/C11H12N4OS2/c1-6-2-3-8(9(12)17)10(14-6)13-4-7-5-18-11(16)15-7/h2-3,5H,4H2,1H3,(H2,12,17)(H,13,14)(H,15,16). The van der Waals surface area contributed by atoms with Gasteiger partial charge in [-0.2, -0.15) is 0 Å². The molecule has 4 N–H and O–H groups in total. The molecule has 2 heterocycles. The van der Waals surface area contributed by atoms with Gasteiger partial charge in [-0.25, -0.2) is 4.98 Å². The minimum atomic E-state index is -0.0708. The molecule has 0 aliphatic carbocycles. The third-order valence-electron chi connectivity index (χ3n) is 2.32. The number of pyridine rings is 1.